The molecule has 182 valence electrons. The largest absolute Gasteiger partial charge is 0.493 e. The van der Waals surface area contributed by atoms with Crippen LogP contribution in [0.5, 0.6) is 17.2 Å². The second kappa shape index (κ2) is 12.7. The van der Waals surface area contributed by atoms with Crippen LogP contribution in [0.4, 0.5) is 5.13 Å². The fraction of sp³-hybridized carbons (Fsp3) is 0.280. The van der Waals surface area contributed by atoms with Crippen LogP contribution >= 0.6 is 22.9 Å². The number of halogens is 1. The number of anilines is 1. The van der Waals surface area contributed by atoms with Crippen LogP contribution in [0, 0.1) is 18.3 Å². The number of methoxy groups -OCH3 is 1. The molecule has 0 saturated heterocycles. The van der Waals surface area contributed by atoms with Crippen molar-refractivity contribution in [1.82, 2.24) is 10.2 Å². The smallest absolute Gasteiger partial charge is 0.268 e. The highest BCUT2D eigenvalue weighted by atomic mass is 35.5. The van der Waals surface area contributed by atoms with Gasteiger partial charge in [0.05, 0.1) is 12.1 Å². The van der Waals surface area contributed by atoms with E-state index in [1.165, 1.54) is 24.5 Å². The van der Waals surface area contributed by atoms with Crippen molar-refractivity contribution in [2.75, 3.05) is 25.6 Å². The molecule has 0 aliphatic heterocycles. The molecule has 0 fully saturated rings. The van der Waals surface area contributed by atoms with Gasteiger partial charge in [-0.1, -0.05) is 47.6 Å². The number of hydrogen-bond acceptors (Lipinski definition) is 8. The van der Waals surface area contributed by atoms with Crippen molar-refractivity contribution in [3.8, 4) is 23.3 Å². The standard InChI is InChI=1S/C25H25ClN4O4S/c1-4-5-22-29-30-25(35-22)28-24(31)18(15-27)12-17-13-20(26)23(21(14-17)32-3)34-11-10-33-19-8-6-16(2)7-9-19/h6-9,12-14H,4-5,10-11H2,1-3H3,(H,28,30,31). The number of nitrogens with one attached hydrogen (secondary N) is 1. The molecular weight excluding hydrogens is 488 g/mol. The molecule has 0 radical (unpaired) electrons. The van der Waals surface area contributed by atoms with E-state index in [1.807, 2.05) is 44.2 Å². The lowest BCUT2D eigenvalue weighted by Crippen LogP contribution is -2.13. The van der Waals surface area contributed by atoms with Crippen LogP contribution in [0.1, 0.15) is 29.5 Å². The van der Waals surface area contributed by atoms with Gasteiger partial charge < -0.3 is 14.2 Å². The molecule has 8 nitrogen and oxygen atoms in total. The van der Waals surface area contributed by atoms with Crippen LogP contribution in [0.15, 0.2) is 42.0 Å². The molecule has 1 aromatic heterocycles. The molecule has 3 aromatic rings. The number of ether oxygens (including phenoxy) is 3. The fourth-order valence-electron chi connectivity index (χ4n) is 3.00. The van der Waals surface area contributed by atoms with Crippen LogP contribution in [0.2, 0.25) is 5.02 Å². The summed E-state index contributed by atoms with van der Waals surface area (Å²) in [5.41, 5.74) is 1.54. The third-order valence-corrected chi connectivity index (χ3v) is 5.88. The monoisotopic (exact) mass is 512 g/mol. The van der Waals surface area contributed by atoms with Gasteiger partial charge >= 0.3 is 0 Å². The van der Waals surface area contributed by atoms with Gasteiger partial charge in [-0.25, -0.2) is 0 Å². The molecule has 1 amide bonds. The molecule has 10 heteroatoms. The van der Waals surface area contributed by atoms with Gasteiger partial charge in [0.25, 0.3) is 5.91 Å². The van der Waals surface area contributed by atoms with Crippen molar-refractivity contribution in [3.63, 3.8) is 0 Å². The van der Waals surface area contributed by atoms with Gasteiger partial charge in [0.15, 0.2) is 11.5 Å². The van der Waals surface area contributed by atoms with Crippen molar-refractivity contribution in [1.29, 1.82) is 5.26 Å². The number of rotatable bonds is 11. The minimum atomic E-state index is -0.588. The van der Waals surface area contributed by atoms with Crippen LogP contribution < -0.4 is 19.5 Å². The second-order valence-corrected chi connectivity index (χ2v) is 8.89. The summed E-state index contributed by atoms with van der Waals surface area (Å²) in [4.78, 5) is 12.6. The second-order valence-electron chi connectivity index (χ2n) is 7.42. The molecule has 0 bridgehead atoms. The minimum Gasteiger partial charge on any atom is -0.493 e. The maximum Gasteiger partial charge on any atom is 0.268 e. The van der Waals surface area contributed by atoms with Gasteiger partial charge in [-0.15, -0.1) is 10.2 Å². The highest BCUT2D eigenvalue weighted by Crippen LogP contribution is 2.37. The van der Waals surface area contributed by atoms with E-state index in [0.29, 0.717) is 28.8 Å². The predicted molar refractivity (Wildman–Crippen MR) is 136 cm³/mol. The number of hydrogen-bond donors (Lipinski definition) is 1. The summed E-state index contributed by atoms with van der Waals surface area (Å²) < 4.78 is 16.9. The molecule has 1 N–H and O–H groups in total. The van der Waals surface area contributed by atoms with E-state index in [0.717, 1.165) is 29.2 Å². The summed E-state index contributed by atoms with van der Waals surface area (Å²) >= 11 is 7.70. The Morgan fingerprint density at radius 3 is 2.63 bits per heavy atom. The van der Waals surface area contributed by atoms with Gasteiger partial charge in [-0.3, -0.25) is 10.1 Å². The summed E-state index contributed by atoms with van der Waals surface area (Å²) in [5, 5.41) is 21.5. The first-order valence-corrected chi connectivity index (χ1v) is 12.1. The van der Waals surface area contributed by atoms with E-state index in [-0.39, 0.29) is 17.2 Å². The molecular formula is C25H25ClN4O4S. The van der Waals surface area contributed by atoms with Crippen molar-refractivity contribution in [2.24, 2.45) is 0 Å². The van der Waals surface area contributed by atoms with Crippen LogP contribution in [0.25, 0.3) is 6.08 Å². The van der Waals surface area contributed by atoms with Crippen LogP contribution in [0.3, 0.4) is 0 Å². The summed E-state index contributed by atoms with van der Waals surface area (Å²) in [5.74, 6) is 0.870. The molecule has 0 atom stereocenters. The Kier molecular flexibility index (Phi) is 9.47. The zero-order valence-electron chi connectivity index (χ0n) is 19.6. The SMILES string of the molecule is CCCc1nnc(NC(=O)C(C#N)=Cc2cc(Cl)c(OCCOc3ccc(C)cc3)c(OC)c2)s1. The first-order chi connectivity index (χ1) is 16.9. The van der Waals surface area contributed by atoms with Gasteiger partial charge in [-0.2, -0.15) is 5.26 Å². The number of carbonyl (C=O) groups excluding carboxylic acids is 1. The summed E-state index contributed by atoms with van der Waals surface area (Å²) in [6, 6.07) is 12.9. The van der Waals surface area contributed by atoms with Crippen molar-refractivity contribution in [2.45, 2.75) is 26.7 Å². The summed E-state index contributed by atoms with van der Waals surface area (Å²) in [6.45, 7) is 4.60. The first-order valence-electron chi connectivity index (χ1n) is 10.9. The predicted octanol–water partition coefficient (Wildman–Crippen LogP) is 5.46. The summed E-state index contributed by atoms with van der Waals surface area (Å²) in [6.07, 6.45) is 3.12. The van der Waals surface area contributed by atoms with Gasteiger partial charge in [-0.05, 0) is 49.2 Å². The molecule has 0 aliphatic rings. The zero-order valence-corrected chi connectivity index (χ0v) is 21.2. The molecule has 35 heavy (non-hydrogen) atoms. The molecule has 2 aromatic carbocycles. The topological polar surface area (TPSA) is 106 Å². The third kappa shape index (κ3) is 7.44. The van der Waals surface area contributed by atoms with Gasteiger partial charge in [0.2, 0.25) is 5.13 Å². The number of amides is 1. The first kappa shape index (κ1) is 26.0. The lowest BCUT2D eigenvalue weighted by atomic mass is 10.1. The molecule has 0 unspecified atom stereocenters. The Balaban J connectivity index is 1.67. The molecule has 0 saturated carbocycles. The highest BCUT2D eigenvalue weighted by molar-refractivity contribution is 7.15. The fourth-order valence-corrected chi connectivity index (χ4v) is 4.11. The molecule has 3 rings (SSSR count). The zero-order chi connectivity index (χ0) is 25.2. The number of aromatic nitrogens is 2. The van der Waals surface area contributed by atoms with E-state index >= 15 is 0 Å². The van der Waals surface area contributed by atoms with Gasteiger partial charge in [0, 0.05) is 6.42 Å². The lowest BCUT2D eigenvalue weighted by molar-refractivity contribution is -0.112. The van der Waals surface area contributed by atoms with E-state index in [2.05, 4.69) is 15.5 Å². The number of aryl methyl sites for hydroxylation is 2. The maximum atomic E-state index is 12.6. The Labute approximate surface area is 213 Å². The van der Waals surface area contributed by atoms with E-state index in [4.69, 9.17) is 25.8 Å². The number of carbonyl (C=O) groups is 1. The molecule has 1 heterocycles. The maximum absolute atomic E-state index is 12.6. The number of nitriles is 1. The lowest BCUT2D eigenvalue weighted by Gasteiger charge is -2.14. The Morgan fingerprint density at radius 2 is 1.94 bits per heavy atom. The van der Waals surface area contributed by atoms with Crippen molar-refractivity contribution < 1.29 is 19.0 Å². The third-order valence-electron chi connectivity index (χ3n) is 4.70. The van der Waals surface area contributed by atoms with Crippen molar-refractivity contribution >= 4 is 40.1 Å². The average molecular weight is 513 g/mol. The Hall–Kier alpha value is -3.61. The normalized spacial score (nSPS) is 11.0. The number of benzene rings is 2. The van der Waals surface area contributed by atoms with Crippen molar-refractivity contribution in [3.05, 3.63) is 63.1 Å². The Morgan fingerprint density at radius 1 is 1.20 bits per heavy atom. The minimum absolute atomic E-state index is 0.115. The van der Waals surface area contributed by atoms with E-state index in [1.54, 1.807) is 12.1 Å². The summed E-state index contributed by atoms with van der Waals surface area (Å²) in [7, 11) is 1.48. The molecule has 0 spiro atoms. The van der Waals surface area contributed by atoms with Crippen LogP contribution in [-0.2, 0) is 11.2 Å². The van der Waals surface area contributed by atoms with E-state index in [9.17, 15) is 10.1 Å². The average Bonchev–Trinajstić information content (AvgIpc) is 3.28. The molecule has 0 aliphatic carbocycles. The number of nitrogens with zero attached hydrogens (tertiary/aromatic N) is 3. The van der Waals surface area contributed by atoms with Gasteiger partial charge in [0.1, 0.15) is 35.6 Å². The van der Waals surface area contributed by atoms with Crippen LogP contribution in [-0.4, -0.2) is 36.4 Å². The van der Waals surface area contributed by atoms with E-state index < -0.39 is 5.91 Å². The quantitative estimate of drug-likeness (QED) is 0.206. The Bertz CT molecular complexity index is 1240. The highest BCUT2D eigenvalue weighted by Gasteiger charge is 2.16.